The van der Waals surface area contributed by atoms with Crippen LogP contribution in [-0.2, 0) is 4.74 Å². The summed E-state index contributed by atoms with van der Waals surface area (Å²) in [6, 6.07) is 0.252. The minimum absolute atomic E-state index is 0.177. The summed E-state index contributed by atoms with van der Waals surface area (Å²) >= 11 is 0. The molecule has 0 aliphatic carbocycles. The first-order valence-electron chi connectivity index (χ1n) is 7.96. The van der Waals surface area contributed by atoms with Gasteiger partial charge in [-0.05, 0) is 65.5 Å². The van der Waals surface area contributed by atoms with Gasteiger partial charge in [-0.25, -0.2) is 4.79 Å². The first kappa shape index (κ1) is 17.3. The van der Waals surface area contributed by atoms with Gasteiger partial charge in [-0.1, -0.05) is 13.8 Å². The Bertz CT molecular complexity index is 304. The van der Waals surface area contributed by atoms with Crippen LogP contribution in [0.2, 0.25) is 0 Å². The Balaban J connectivity index is 2.82. The Labute approximate surface area is 124 Å². The van der Waals surface area contributed by atoms with Crippen molar-refractivity contribution < 1.29 is 9.53 Å². The normalized spacial score (nSPS) is 21.6. The Morgan fingerprint density at radius 2 is 2.05 bits per heavy atom. The van der Waals surface area contributed by atoms with Crippen molar-refractivity contribution in [3.05, 3.63) is 0 Å². The number of amides is 1. The molecule has 0 aromatic rings. The van der Waals surface area contributed by atoms with E-state index in [1.165, 1.54) is 12.8 Å². The third-order valence-electron chi connectivity index (χ3n) is 3.83. The zero-order valence-corrected chi connectivity index (χ0v) is 14.0. The van der Waals surface area contributed by atoms with E-state index < -0.39 is 5.60 Å². The highest BCUT2D eigenvalue weighted by molar-refractivity contribution is 5.68. The average molecular weight is 284 g/mol. The summed E-state index contributed by atoms with van der Waals surface area (Å²) in [5, 5.41) is 3.46. The molecule has 0 aromatic carbocycles. The Hall–Kier alpha value is -0.770. The number of nitrogens with one attached hydrogen (secondary N) is 1. The summed E-state index contributed by atoms with van der Waals surface area (Å²) in [7, 11) is 0. The van der Waals surface area contributed by atoms with Gasteiger partial charge in [0.1, 0.15) is 5.60 Å². The summed E-state index contributed by atoms with van der Waals surface area (Å²) in [6.45, 7) is 15.0. The molecule has 1 saturated heterocycles. The first-order chi connectivity index (χ1) is 9.26. The largest absolute Gasteiger partial charge is 0.444 e. The van der Waals surface area contributed by atoms with Crippen LogP contribution in [0.5, 0.6) is 0 Å². The Morgan fingerprint density at radius 3 is 2.45 bits per heavy atom. The fourth-order valence-electron chi connectivity index (χ4n) is 3.11. The standard InChI is InChI=1S/C16H32N2O2/c1-7-18(15(19)20-16(4,5)6)14(12(2)3)13-9-8-10-17-11-13/h12-14,17H,7-11H2,1-6H3/t13-,14-/m0/s1. The van der Waals surface area contributed by atoms with E-state index in [2.05, 4.69) is 19.2 Å². The van der Waals surface area contributed by atoms with Crippen molar-refractivity contribution in [1.82, 2.24) is 10.2 Å². The molecule has 0 spiro atoms. The highest BCUT2D eigenvalue weighted by Crippen LogP contribution is 2.26. The second-order valence-electron chi connectivity index (χ2n) is 7.11. The maximum atomic E-state index is 12.5. The highest BCUT2D eigenvalue weighted by Gasteiger charge is 2.35. The maximum absolute atomic E-state index is 12.5. The predicted octanol–water partition coefficient (Wildman–Crippen LogP) is 3.27. The van der Waals surface area contributed by atoms with Gasteiger partial charge in [0.05, 0.1) is 0 Å². The molecule has 1 heterocycles. The number of carbonyl (C=O) groups is 1. The number of hydrogen-bond donors (Lipinski definition) is 1. The van der Waals surface area contributed by atoms with Crippen molar-refractivity contribution >= 4 is 6.09 Å². The highest BCUT2D eigenvalue weighted by atomic mass is 16.6. The Morgan fingerprint density at radius 1 is 1.40 bits per heavy atom. The maximum Gasteiger partial charge on any atom is 0.410 e. The molecule has 2 atom stereocenters. The second-order valence-corrected chi connectivity index (χ2v) is 7.11. The second kappa shape index (κ2) is 7.30. The molecule has 0 radical (unpaired) electrons. The van der Waals surface area contributed by atoms with Crippen molar-refractivity contribution in [2.24, 2.45) is 11.8 Å². The molecule has 0 saturated carbocycles. The molecule has 4 nitrogen and oxygen atoms in total. The van der Waals surface area contributed by atoms with Crippen molar-refractivity contribution in [3.63, 3.8) is 0 Å². The van der Waals surface area contributed by atoms with Gasteiger partial charge >= 0.3 is 6.09 Å². The summed E-state index contributed by atoms with van der Waals surface area (Å²) in [6.07, 6.45) is 2.21. The van der Waals surface area contributed by atoms with Crippen molar-refractivity contribution in [2.75, 3.05) is 19.6 Å². The lowest BCUT2D eigenvalue weighted by Gasteiger charge is -2.41. The number of piperidine rings is 1. The molecule has 1 fully saturated rings. The third kappa shape index (κ3) is 4.97. The fraction of sp³-hybridized carbons (Fsp3) is 0.938. The van der Waals surface area contributed by atoms with E-state index >= 15 is 0 Å². The molecule has 1 amide bonds. The number of carbonyl (C=O) groups excluding carboxylic acids is 1. The lowest BCUT2D eigenvalue weighted by atomic mass is 9.84. The number of rotatable bonds is 4. The van der Waals surface area contributed by atoms with Crippen LogP contribution in [0.15, 0.2) is 0 Å². The first-order valence-corrected chi connectivity index (χ1v) is 7.96. The van der Waals surface area contributed by atoms with Gasteiger partial charge < -0.3 is 15.0 Å². The van der Waals surface area contributed by atoms with Gasteiger partial charge in [0.25, 0.3) is 0 Å². The number of ether oxygens (including phenoxy) is 1. The van der Waals surface area contributed by atoms with Crippen LogP contribution in [-0.4, -0.2) is 42.3 Å². The molecule has 1 aliphatic rings. The quantitative estimate of drug-likeness (QED) is 0.861. The van der Waals surface area contributed by atoms with E-state index in [0.29, 0.717) is 18.4 Å². The van der Waals surface area contributed by atoms with E-state index in [9.17, 15) is 4.79 Å². The minimum atomic E-state index is -0.434. The van der Waals surface area contributed by atoms with E-state index in [1.807, 2.05) is 32.6 Å². The molecule has 1 N–H and O–H groups in total. The van der Waals surface area contributed by atoms with E-state index in [0.717, 1.165) is 13.1 Å². The summed E-state index contributed by atoms with van der Waals surface area (Å²) in [5.74, 6) is 0.962. The van der Waals surface area contributed by atoms with Crippen LogP contribution in [0, 0.1) is 11.8 Å². The average Bonchev–Trinajstić information content (AvgIpc) is 2.33. The molecule has 20 heavy (non-hydrogen) atoms. The molecule has 0 aromatic heterocycles. The van der Waals surface area contributed by atoms with Crippen LogP contribution in [0.4, 0.5) is 4.79 Å². The van der Waals surface area contributed by atoms with Gasteiger partial charge in [-0.15, -0.1) is 0 Å². The van der Waals surface area contributed by atoms with Gasteiger partial charge in [0.15, 0.2) is 0 Å². The number of hydrogen-bond acceptors (Lipinski definition) is 3. The van der Waals surface area contributed by atoms with Gasteiger partial charge in [-0.3, -0.25) is 0 Å². The monoisotopic (exact) mass is 284 g/mol. The molecule has 1 rings (SSSR count). The Kier molecular flexibility index (Phi) is 6.31. The van der Waals surface area contributed by atoms with E-state index in [-0.39, 0.29) is 12.1 Å². The van der Waals surface area contributed by atoms with Crippen LogP contribution in [0.3, 0.4) is 0 Å². The van der Waals surface area contributed by atoms with E-state index in [4.69, 9.17) is 4.74 Å². The van der Waals surface area contributed by atoms with Gasteiger partial charge in [0, 0.05) is 12.6 Å². The van der Waals surface area contributed by atoms with Gasteiger partial charge in [-0.2, -0.15) is 0 Å². The van der Waals surface area contributed by atoms with Gasteiger partial charge in [0.2, 0.25) is 0 Å². The summed E-state index contributed by atoms with van der Waals surface area (Å²) < 4.78 is 5.58. The summed E-state index contributed by atoms with van der Waals surface area (Å²) in [4.78, 5) is 14.4. The van der Waals surface area contributed by atoms with Crippen molar-refractivity contribution in [1.29, 1.82) is 0 Å². The zero-order valence-electron chi connectivity index (χ0n) is 14.0. The smallest absolute Gasteiger partial charge is 0.410 e. The lowest BCUT2D eigenvalue weighted by molar-refractivity contribution is 0.00179. The van der Waals surface area contributed by atoms with Crippen LogP contribution in [0.25, 0.3) is 0 Å². The predicted molar refractivity (Wildman–Crippen MR) is 82.8 cm³/mol. The topological polar surface area (TPSA) is 41.6 Å². The van der Waals surface area contributed by atoms with Crippen LogP contribution >= 0.6 is 0 Å². The minimum Gasteiger partial charge on any atom is -0.444 e. The van der Waals surface area contributed by atoms with Crippen LogP contribution < -0.4 is 5.32 Å². The molecular weight excluding hydrogens is 252 g/mol. The molecule has 1 aliphatic heterocycles. The van der Waals surface area contributed by atoms with Crippen LogP contribution in [0.1, 0.15) is 54.4 Å². The summed E-state index contributed by atoms with van der Waals surface area (Å²) in [5.41, 5.74) is -0.434. The zero-order chi connectivity index (χ0) is 15.3. The molecule has 0 bridgehead atoms. The molecule has 4 heteroatoms. The van der Waals surface area contributed by atoms with E-state index in [1.54, 1.807) is 0 Å². The molecular formula is C16H32N2O2. The SMILES string of the molecule is CCN(C(=O)OC(C)(C)C)[C@@H](C(C)C)[C@H]1CCCNC1. The number of nitrogens with zero attached hydrogens (tertiary/aromatic N) is 1. The van der Waals surface area contributed by atoms with Crippen molar-refractivity contribution in [2.45, 2.75) is 66.0 Å². The molecule has 0 unspecified atom stereocenters. The third-order valence-corrected chi connectivity index (χ3v) is 3.83. The lowest BCUT2D eigenvalue weighted by Crippen LogP contribution is -2.52. The molecule has 118 valence electrons. The van der Waals surface area contributed by atoms with Crippen molar-refractivity contribution in [3.8, 4) is 0 Å². The fourth-order valence-corrected chi connectivity index (χ4v) is 3.11.